The number of imidazole rings is 1. The number of hydrogen-bond acceptors (Lipinski definition) is 3. The minimum Gasteiger partial charge on any atom is -0.507 e. The van der Waals surface area contributed by atoms with Gasteiger partial charge in [0, 0.05) is 32.4 Å². The van der Waals surface area contributed by atoms with Crippen molar-refractivity contribution >= 4 is 5.91 Å². The van der Waals surface area contributed by atoms with Crippen molar-refractivity contribution in [1.82, 2.24) is 14.9 Å². The second-order valence-corrected chi connectivity index (χ2v) is 3.98. The zero-order chi connectivity index (χ0) is 13.0. The molecule has 2 N–H and O–H groups in total. The maximum absolute atomic E-state index is 11.8. The average molecular weight is 245 g/mol. The molecule has 0 saturated carbocycles. The number of carbonyl (C=O) groups excluding carboxylic acids is 1. The van der Waals surface area contributed by atoms with Crippen LogP contribution in [0.4, 0.5) is 0 Å². The van der Waals surface area contributed by atoms with Crippen molar-refractivity contribution in [3.8, 4) is 5.75 Å². The highest BCUT2D eigenvalue weighted by Crippen LogP contribution is 2.14. The summed E-state index contributed by atoms with van der Waals surface area (Å²) in [6.07, 6.45) is 4.24. The molecular formula is C13H15N3O2. The third kappa shape index (κ3) is 2.68. The predicted molar refractivity (Wildman–Crippen MR) is 67.4 cm³/mol. The van der Waals surface area contributed by atoms with E-state index in [4.69, 9.17) is 0 Å². The van der Waals surface area contributed by atoms with Gasteiger partial charge < -0.3 is 15.0 Å². The molecule has 2 aromatic rings. The largest absolute Gasteiger partial charge is 0.507 e. The van der Waals surface area contributed by atoms with Crippen LogP contribution in [0, 0.1) is 0 Å². The van der Waals surface area contributed by atoms with Gasteiger partial charge in [-0.2, -0.15) is 0 Å². The lowest BCUT2D eigenvalue weighted by molar-refractivity contribution is 0.0951. The molecule has 0 aliphatic rings. The van der Waals surface area contributed by atoms with Crippen LogP contribution in [0.2, 0.25) is 0 Å². The Morgan fingerprint density at radius 3 is 2.89 bits per heavy atom. The SMILES string of the molecule is Cn1ccnc1CCNC(=O)c1ccccc1O. The second kappa shape index (κ2) is 5.35. The van der Waals surface area contributed by atoms with Crippen molar-refractivity contribution in [1.29, 1.82) is 0 Å². The molecule has 1 aromatic carbocycles. The van der Waals surface area contributed by atoms with Gasteiger partial charge in [-0.15, -0.1) is 0 Å². The summed E-state index contributed by atoms with van der Waals surface area (Å²) in [7, 11) is 1.91. The minimum absolute atomic E-state index is 0.00742. The molecule has 0 spiro atoms. The number of phenolic OH excluding ortho intramolecular Hbond substituents is 1. The molecule has 0 unspecified atom stereocenters. The van der Waals surface area contributed by atoms with Gasteiger partial charge in [-0.05, 0) is 12.1 Å². The van der Waals surface area contributed by atoms with E-state index in [1.54, 1.807) is 24.4 Å². The second-order valence-electron chi connectivity index (χ2n) is 3.98. The highest BCUT2D eigenvalue weighted by molar-refractivity contribution is 5.96. The summed E-state index contributed by atoms with van der Waals surface area (Å²) >= 11 is 0. The van der Waals surface area contributed by atoms with Gasteiger partial charge in [-0.3, -0.25) is 4.79 Å². The number of aromatic nitrogens is 2. The van der Waals surface area contributed by atoms with Crippen LogP contribution in [-0.4, -0.2) is 27.1 Å². The Bertz CT molecular complexity index is 549. The number of amides is 1. The van der Waals surface area contributed by atoms with E-state index in [9.17, 15) is 9.90 Å². The molecule has 1 amide bonds. The fourth-order valence-corrected chi connectivity index (χ4v) is 1.69. The Morgan fingerprint density at radius 2 is 2.22 bits per heavy atom. The topological polar surface area (TPSA) is 67.2 Å². The van der Waals surface area contributed by atoms with Gasteiger partial charge in [0.25, 0.3) is 5.91 Å². The maximum Gasteiger partial charge on any atom is 0.255 e. The van der Waals surface area contributed by atoms with Crippen LogP contribution in [0.25, 0.3) is 0 Å². The lowest BCUT2D eigenvalue weighted by Gasteiger charge is -2.06. The first-order chi connectivity index (χ1) is 8.68. The molecule has 18 heavy (non-hydrogen) atoms. The number of nitrogens with zero attached hydrogens (tertiary/aromatic N) is 2. The van der Waals surface area contributed by atoms with Gasteiger partial charge >= 0.3 is 0 Å². The number of para-hydroxylation sites is 1. The van der Waals surface area contributed by atoms with E-state index in [-0.39, 0.29) is 17.2 Å². The third-order valence-electron chi connectivity index (χ3n) is 2.70. The quantitative estimate of drug-likeness (QED) is 0.847. The van der Waals surface area contributed by atoms with E-state index in [0.29, 0.717) is 13.0 Å². The van der Waals surface area contributed by atoms with Crippen molar-refractivity contribution in [2.45, 2.75) is 6.42 Å². The molecule has 1 heterocycles. The maximum atomic E-state index is 11.8. The Hall–Kier alpha value is -2.30. The van der Waals surface area contributed by atoms with E-state index in [0.717, 1.165) is 5.82 Å². The fourth-order valence-electron chi connectivity index (χ4n) is 1.69. The van der Waals surface area contributed by atoms with Gasteiger partial charge in [0.1, 0.15) is 11.6 Å². The van der Waals surface area contributed by atoms with E-state index in [1.807, 2.05) is 17.8 Å². The monoisotopic (exact) mass is 245 g/mol. The van der Waals surface area contributed by atoms with Crippen LogP contribution in [0.5, 0.6) is 5.75 Å². The van der Waals surface area contributed by atoms with Gasteiger partial charge in [0.2, 0.25) is 0 Å². The molecule has 0 saturated heterocycles. The molecule has 0 aliphatic carbocycles. The first kappa shape index (κ1) is 12.2. The number of rotatable bonds is 4. The first-order valence-corrected chi connectivity index (χ1v) is 5.71. The van der Waals surface area contributed by atoms with E-state index in [1.165, 1.54) is 6.07 Å². The average Bonchev–Trinajstić information content (AvgIpc) is 2.75. The zero-order valence-electron chi connectivity index (χ0n) is 10.1. The summed E-state index contributed by atoms with van der Waals surface area (Å²) in [5.41, 5.74) is 0.289. The molecule has 94 valence electrons. The molecular weight excluding hydrogens is 230 g/mol. The molecule has 1 aromatic heterocycles. The van der Waals surface area contributed by atoms with E-state index < -0.39 is 0 Å². The smallest absolute Gasteiger partial charge is 0.255 e. The standard InChI is InChI=1S/C13H15N3O2/c1-16-9-8-14-12(16)6-7-15-13(18)10-4-2-3-5-11(10)17/h2-5,8-9,17H,6-7H2,1H3,(H,15,18). The lowest BCUT2D eigenvalue weighted by Crippen LogP contribution is -2.26. The molecule has 5 heteroatoms. The van der Waals surface area contributed by atoms with E-state index in [2.05, 4.69) is 10.3 Å². The van der Waals surface area contributed by atoms with Crippen molar-refractivity contribution in [2.75, 3.05) is 6.54 Å². The molecule has 0 atom stereocenters. The summed E-state index contributed by atoms with van der Waals surface area (Å²) in [5.74, 6) is 0.627. The van der Waals surface area contributed by atoms with Gasteiger partial charge in [-0.1, -0.05) is 12.1 Å². The molecule has 0 aliphatic heterocycles. The normalized spacial score (nSPS) is 10.3. The molecule has 5 nitrogen and oxygen atoms in total. The number of aromatic hydroxyl groups is 1. The minimum atomic E-state index is -0.276. The summed E-state index contributed by atoms with van der Waals surface area (Å²) in [6, 6.07) is 6.48. The van der Waals surface area contributed by atoms with Crippen LogP contribution in [0.15, 0.2) is 36.7 Å². The van der Waals surface area contributed by atoms with Crippen LogP contribution in [0.3, 0.4) is 0 Å². The Morgan fingerprint density at radius 1 is 1.44 bits per heavy atom. The van der Waals surface area contributed by atoms with Gasteiger partial charge in [0.15, 0.2) is 0 Å². The molecule has 0 fully saturated rings. The highest BCUT2D eigenvalue weighted by atomic mass is 16.3. The van der Waals surface area contributed by atoms with Crippen molar-refractivity contribution in [3.05, 3.63) is 48.0 Å². The number of hydrogen-bond donors (Lipinski definition) is 2. The van der Waals surface area contributed by atoms with Gasteiger partial charge in [0.05, 0.1) is 5.56 Å². The zero-order valence-corrected chi connectivity index (χ0v) is 10.1. The van der Waals surface area contributed by atoms with Crippen LogP contribution >= 0.6 is 0 Å². The summed E-state index contributed by atoms with van der Waals surface area (Å²) in [6.45, 7) is 0.484. The summed E-state index contributed by atoms with van der Waals surface area (Å²) in [4.78, 5) is 15.9. The van der Waals surface area contributed by atoms with Crippen molar-refractivity contribution in [3.63, 3.8) is 0 Å². The van der Waals surface area contributed by atoms with Crippen molar-refractivity contribution < 1.29 is 9.90 Å². The van der Waals surface area contributed by atoms with Crippen LogP contribution in [-0.2, 0) is 13.5 Å². The van der Waals surface area contributed by atoms with Gasteiger partial charge in [-0.25, -0.2) is 4.98 Å². The number of phenols is 1. The third-order valence-corrected chi connectivity index (χ3v) is 2.70. The highest BCUT2D eigenvalue weighted by Gasteiger charge is 2.09. The Balaban J connectivity index is 1.90. The summed E-state index contributed by atoms with van der Waals surface area (Å²) < 4.78 is 1.91. The van der Waals surface area contributed by atoms with E-state index >= 15 is 0 Å². The molecule has 2 rings (SSSR count). The molecule has 0 radical (unpaired) electrons. The Kier molecular flexibility index (Phi) is 3.62. The number of aryl methyl sites for hydroxylation is 1. The first-order valence-electron chi connectivity index (χ1n) is 5.71. The summed E-state index contributed by atoms with van der Waals surface area (Å²) in [5, 5.41) is 12.3. The van der Waals surface area contributed by atoms with Crippen LogP contribution in [0.1, 0.15) is 16.2 Å². The fraction of sp³-hybridized carbons (Fsp3) is 0.231. The number of carbonyl (C=O) groups is 1. The van der Waals surface area contributed by atoms with Crippen LogP contribution < -0.4 is 5.32 Å². The Labute approximate surface area is 105 Å². The van der Waals surface area contributed by atoms with Crippen molar-refractivity contribution in [2.24, 2.45) is 7.05 Å². The molecule has 0 bridgehead atoms. The lowest BCUT2D eigenvalue weighted by atomic mass is 10.2. The number of benzene rings is 1. The number of nitrogens with one attached hydrogen (secondary N) is 1. The predicted octanol–water partition coefficient (Wildman–Crippen LogP) is 1.10.